The molecule has 0 spiro atoms. The molecule has 1 amide bonds. The van der Waals surface area contributed by atoms with Crippen LogP contribution in [0.1, 0.15) is 12.0 Å². The molecule has 0 bridgehead atoms. The average molecular weight is 467 g/mol. The fourth-order valence-electron chi connectivity index (χ4n) is 3.64. The third-order valence-electron chi connectivity index (χ3n) is 5.38. The van der Waals surface area contributed by atoms with Gasteiger partial charge in [0.2, 0.25) is 21.7 Å². The van der Waals surface area contributed by atoms with Gasteiger partial charge in [0, 0.05) is 32.6 Å². The van der Waals surface area contributed by atoms with Gasteiger partial charge in [-0.3, -0.25) is 4.79 Å². The molecule has 3 rings (SSSR count). The van der Waals surface area contributed by atoms with Gasteiger partial charge in [-0.2, -0.15) is 4.31 Å². The molecule has 0 N–H and O–H groups in total. The molecule has 2 aromatic rings. The molecule has 1 fully saturated rings. The Kier molecular flexibility index (Phi) is 7.57. The van der Waals surface area contributed by atoms with E-state index in [0.717, 1.165) is 11.6 Å². The van der Waals surface area contributed by atoms with E-state index < -0.39 is 15.8 Å². The van der Waals surface area contributed by atoms with Crippen LogP contribution < -0.4 is 14.2 Å². The number of hydrogen-bond donors (Lipinski definition) is 0. The van der Waals surface area contributed by atoms with Gasteiger partial charge < -0.3 is 19.1 Å². The molecule has 0 aliphatic carbocycles. The number of nitrogens with zero attached hydrogens (tertiary/aromatic N) is 2. The van der Waals surface area contributed by atoms with Gasteiger partial charge >= 0.3 is 0 Å². The smallest absolute Gasteiger partial charge is 0.243 e. The first-order valence-electron chi connectivity index (χ1n) is 10.1. The number of aryl methyl sites for hydroxylation is 1. The lowest BCUT2D eigenvalue weighted by atomic mass is 10.1. The number of halogens is 1. The van der Waals surface area contributed by atoms with Gasteiger partial charge in [0.05, 0.1) is 26.2 Å². The van der Waals surface area contributed by atoms with E-state index in [2.05, 4.69) is 0 Å². The van der Waals surface area contributed by atoms with E-state index >= 15 is 0 Å². The summed E-state index contributed by atoms with van der Waals surface area (Å²) in [6.45, 7) is 0.884. The number of hydrogen-bond acceptors (Lipinski definition) is 6. The molecule has 10 heteroatoms. The average Bonchev–Trinajstić information content (AvgIpc) is 2.81. The van der Waals surface area contributed by atoms with Gasteiger partial charge in [0.25, 0.3) is 0 Å². The highest BCUT2D eigenvalue weighted by Gasteiger charge is 2.30. The summed E-state index contributed by atoms with van der Waals surface area (Å²) in [5, 5.41) is 0. The van der Waals surface area contributed by atoms with Gasteiger partial charge in [-0.1, -0.05) is 6.07 Å². The maximum absolute atomic E-state index is 13.4. The molecule has 0 aromatic heterocycles. The maximum Gasteiger partial charge on any atom is 0.243 e. The Bertz CT molecular complexity index is 1040. The molecule has 8 nitrogen and oxygen atoms in total. The van der Waals surface area contributed by atoms with Crippen molar-refractivity contribution in [3.05, 3.63) is 47.8 Å². The number of carbonyl (C=O) groups excluding carboxylic acids is 1. The number of rotatable bonds is 8. The van der Waals surface area contributed by atoms with Crippen molar-refractivity contribution in [2.45, 2.75) is 17.7 Å². The number of piperazine rings is 1. The highest BCUT2D eigenvalue weighted by molar-refractivity contribution is 7.89. The molecule has 1 aliphatic heterocycles. The standard InChI is InChI=1S/C22H27FN2O6S/c1-29-19-13-16(14-20(30-2)22(19)31-3)7-8-21(26)24-9-11-25(12-10-24)32(27,28)18-6-4-5-17(23)15-18/h4-6,13-15H,7-12H2,1-3H3. The van der Waals surface area contributed by atoms with Crippen LogP contribution in [0.3, 0.4) is 0 Å². The Labute approximate surface area is 187 Å². The first-order chi connectivity index (χ1) is 15.3. The van der Waals surface area contributed by atoms with Crippen molar-refractivity contribution in [1.29, 1.82) is 0 Å². The number of ether oxygens (including phenoxy) is 3. The molecule has 0 atom stereocenters. The van der Waals surface area contributed by atoms with Gasteiger partial charge in [-0.05, 0) is 42.3 Å². The Hall–Kier alpha value is -2.85. The lowest BCUT2D eigenvalue weighted by Crippen LogP contribution is -2.50. The van der Waals surface area contributed by atoms with E-state index in [0.29, 0.717) is 23.7 Å². The number of methoxy groups -OCH3 is 3. The van der Waals surface area contributed by atoms with Crippen molar-refractivity contribution in [3.8, 4) is 17.2 Å². The summed E-state index contributed by atoms with van der Waals surface area (Å²) in [5.74, 6) is 0.852. The topological polar surface area (TPSA) is 85.4 Å². The van der Waals surface area contributed by atoms with Crippen LogP contribution in [0.15, 0.2) is 41.3 Å². The van der Waals surface area contributed by atoms with Crippen LogP contribution in [-0.4, -0.2) is 71.0 Å². The zero-order valence-corrected chi connectivity index (χ0v) is 19.2. The zero-order chi connectivity index (χ0) is 23.3. The predicted molar refractivity (Wildman–Crippen MR) is 116 cm³/mol. The molecule has 1 saturated heterocycles. The third kappa shape index (κ3) is 5.13. The minimum Gasteiger partial charge on any atom is -0.493 e. The monoisotopic (exact) mass is 466 g/mol. The summed E-state index contributed by atoms with van der Waals surface area (Å²) in [5.41, 5.74) is 0.861. The summed E-state index contributed by atoms with van der Waals surface area (Å²) in [6, 6.07) is 8.54. The summed E-state index contributed by atoms with van der Waals surface area (Å²) in [4.78, 5) is 14.3. The second kappa shape index (κ2) is 10.2. The maximum atomic E-state index is 13.4. The van der Waals surface area contributed by atoms with E-state index in [-0.39, 0.29) is 43.4 Å². The van der Waals surface area contributed by atoms with E-state index in [1.165, 1.54) is 43.8 Å². The molecular weight excluding hydrogens is 439 g/mol. The molecule has 0 radical (unpaired) electrons. The van der Waals surface area contributed by atoms with Gasteiger partial charge in [-0.25, -0.2) is 12.8 Å². The fraction of sp³-hybridized carbons (Fsp3) is 0.409. The minimum absolute atomic E-state index is 0.0680. The molecule has 1 aliphatic rings. The number of amides is 1. The second-order valence-electron chi connectivity index (χ2n) is 7.28. The Morgan fingerprint density at radius 1 is 0.969 bits per heavy atom. The van der Waals surface area contributed by atoms with Gasteiger partial charge in [0.1, 0.15) is 5.82 Å². The minimum atomic E-state index is -3.80. The van der Waals surface area contributed by atoms with Crippen molar-refractivity contribution in [1.82, 2.24) is 9.21 Å². The van der Waals surface area contributed by atoms with Crippen molar-refractivity contribution < 1.29 is 31.8 Å². The molecule has 1 heterocycles. The highest BCUT2D eigenvalue weighted by Crippen LogP contribution is 2.38. The molecule has 174 valence electrons. The number of sulfonamides is 1. The van der Waals surface area contributed by atoms with Crippen LogP contribution in [0.2, 0.25) is 0 Å². The Morgan fingerprint density at radius 2 is 1.59 bits per heavy atom. The zero-order valence-electron chi connectivity index (χ0n) is 18.3. The van der Waals surface area contributed by atoms with Crippen LogP contribution >= 0.6 is 0 Å². The van der Waals surface area contributed by atoms with Crippen LogP contribution in [-0.2, 0) is 21.2 Å². The molecular formula is C22H27FN2O6S. The summed E-state index contributed by atoms with van der Waals surface area (Å²) < 4.78 is 56.2. The van der Waals surface area contributed by atoms with E-state index in [1.54, 1.807) is 17.0 Å². The number of carbonyl (C=O) groups is 1. The van der Waals surface area contributed by atoms with Crippen LogP contribution in [0.5, 0.6) is 17.2 Å². The second-order valence-corrected chi connectivity index (χ2v) is 9.21. The predicted octanol–water partition coefficient (Wildman–Crippen LogP) is 2.32. The Balaban J connectivity index is 1.59. The van der Waals surface area contributed by atoms with E-state index in [9.17, 15) is 17.6 Å². The van der Waals surface area contributed by atoms with Crippen molar-refractivity contribution in [3.63, 3.8) is 0 Å². The quantitative estimate of drug-likeness (QED) is 0.594. The molecule has 0 saturated carbocycles. The largest absolute Gasteiger partial charge is 0.493 e. The lowest BCUT2D eigenvalue weighted by Gasteiger charge is -2.34. The van der Waals surface area contributed by atoms with E-state index in [1.807, 2.05) is 0 Å². The fourth-order valence-corrected chi connectivity index (χ4v) is 5.10. The van der Waals surface area contributed by atoms with Crippen molar-refractivity contribution in [2.24, 2.45) is 0 Å². The van der Waals surface area contributed by atoms with E-state index in [4.69, 9.17) is 14.2 Å². The summed E-state index contributed by atoms with van der Waals surface area (Å²) >= 11 is 0. The first-order valence-corrected chi connectivity index (χ1v) is 11.6. The highest BCUT2D eigenvalue weighted by atomic mass is 32.2. The molecule has 0 unspecified atom stereocenters. The third-order valence-corrected chi connectivity index (χ3v) is 7.27. The van der Waals surface area contributed by atoms with Crippen LogP contribution in [0.25, 0.3) is 0 Å². The summed E-state index contributed by atoms with van der Waals surface area (Å²) in [6.07, 6.45) is 0.729. The SMILES string of the molecule is COc1cc(CCC(=O)N2CCN(S(=O)(=O)c3cccc(F)c3)CC2)cc(OC)c1OC. The summed E-state index contributed by atoms with van der Waals surface area (Å²) in [7, 11) is 0.793. The van der Waals surface area contributed by atoms with Crippen molar-refractivity contribution in [2.75, 3.05) is 47.5 Å². The first kappa shape index (κ1) is 23.8. The van der Waals surface area contributed by atoms with Gasteiger partial charge in [0.15, 0.2) is 11.5 Å². The number of benzene rings is 2. The Morgan fingerprint density at radius 3 is 2.12 bits per heavy atom. The van der Waals surface area contributed by atoms with Crippen LogP contribution in [0, 0.1) is 5.82 Å². The van der Waals surface area contributed by atoms with Crippen LogP contribution in [0.4, 0.5) is 4.39 Å². The molecule has 32 heavy (non-hydrogen) atoms. The molecule has 2 aromatic carbocycles. The van der Waals surface area contributed by atoms with Gasteiger partial charge in [-0.15, -0.1) is 0 Å². The normalized spacial score (nSPS) is 14.8. The van der Waals surface area contributed by atoms with Crippen molar-refractivity contribution >= 4 is 15.9 Å². The lowest BCUT2D eigenvalue weighted by molar-refractivity contribution is -0.132.